The third-order valence-electron chi connectivity index (χ3n) is 3.72. The molecule has 1 aromatic rings. The third-order valence-corrected chi connectivity index (χ3v) is 4.43. The molecular formula is C14H19Cl2NO. The molecule has 1 aliphatic rings. The molecule has 0 bridgehead atoms. The zero-order valence-electron chi connectivity index (χ0n) is 10.6. The number of nitrogens with one attached hydrogen (secondary N) is 1. The molecule has 0 unspecified atom stereocenters. The van der Waals surface area contributed by atoms with Gasteiger partial charge in [0.25, 0.3) is 0 Å². The average molecular weight is 288 g/mol. The van der Waals surface area contributed by atoms with E-state index in [1.807, 2.05) is 25.2 Å². The largest absolute Gasteiger partial charge is 0.381 e. The quantitative estimate of drug-likeness (QED) is 0.914. The van der Waals surface area contributed by atoms with E-state index in [1.54, 1.807) is 0 Å². The molecule has 2 nitrogen and oxygen atoms in total. The Morgan fingerprint density at radius 1 is 1.22 bits per heavy atom. The summed E-state index contributed by atoms with van der Waals surface area (Å²) < 4.78 is 5.48. The fourth-order valence-electron chi connectivity index (χ4n) is 2.67. The summed E-state index contributed by atoms with van der Waals surface area (Å²) in [5, 5.41) is 4.83. The van der Waals surface area contributed by atoms with Gasteiger partial charge in [0.15, 0.2) is 0 Å². The first-order valence-electron chi connectivity index (χ1n) is 6.32. The van der Waals surface area contributed by atoms with Crippen molar-refractivity contribution in [1.82, 2.24) is 5.32 Å². The minimum Gasteiger partial charge on any atom is -0.381 e. The zero-order chi connectivity index (χ0) is 13.0. The number of hydrogen-bond donors (Lipinski definition) is 1. The molecule has 1 fully saturated rings. The van der Waals surface area contributed by atoms with Crippen LogP contribution in [0, 0.1) is 5.41 Å². The van der Waals surface area contributed by atoms with Crippen LogP contribution in [0.3, 0.4) is 0 Å². The van der Waals surface area contributed by atoms with Gasteiger partial charge in [-0.3, -0.25) is 0 Å². The normalized spacial score (nSPS) is 18.8. The smallest absolute Gasteiger partial charge is 0.0471 e. The van der Waals surface area contributed by atoms with Gasteiger partial charge in [0, 0.05) is 29.8 Å². The van der Waals surface area contributed by atoms with Gasteiger partial charge in [-0.05, 0) is 49.4 Å². The van der Waals surface area contributed by atoms with Gasteiger partial charge in [0.2, 0.25) is 0 Å². The van der Waals surface area contributed by atoms with Crippen LogP contribution in [0.4, 0.5) is 0 Å². The highest BCUT2D eigenvalue weighted by atomic mass is 35.5. The summed E-state index contributed by atoms with van der Waals surface area (Å²) in [5.41, 5.74) is 1.28. The Balaban J connectivity index is 2.23. The summed E-state index contributed by atoms with van der Waals surface area (Å²) >= 11 is 12.5. The first kappa shape index (κ1) is 14.1. The predicted molar refractivity (Wildman–Crippen MR) is 76.6 cm³/mol. The second kappa shape index (κ2) is 6.25. The molecule has 0 spiro atoms. The first-order valence-corrected chi connectivity index (χ1v) is 7.08. The van der Waals surface area contributed by atoms with Crippen LogP contribution in [-0.4, -0.2) is 26.8 Å². The van der Waals surface area contributed by atoms with Crippen molar-refractivity contribution in [3.63, 3.8) is 0 Å². The highest BCUT2D eigenvalue weighted by molar-refractivity contribution is 6.36. The van der Waals surface area contributed by atoms with Crippen molar-refractivity contribution in [2.24, 2.45) is 5.41 Å². The fourth-order valence-corrected chi connectivity index (χ4v) is 3.20. The summed E-state index contributed by atoms with van der Waals surface area (Å²) in [6.45, 7) is 2.62. The van der Waals surface area contributed by atoms with E-state index in [1.165, 1.54) is 0 Å². The van der Waals surface area contributed by atoms with Crippen molar-refractivity contribution in [3.05, 3.63) is 33.8 Å². The van der Waals surface area contributed by atoms with Gasteiger partial charge in [-0.2, -0.15) is 0 Å². The predicted octanol–water partition coefficient (Wildman–Crippen LogP) is 3.55. The van der Waals surface area contributed by atoms with Crippen LogP contribution in [0.1, 0.15) is 18.4 Å². The molecule has 0 aromatic heterocycles. The molecule has 0 amide bonds. The molecule has 1 N–H and O–H groups in total. The maximum atomic E-state index is 6.27. The van der Waals surface area contributed by atoms with Crippen molar-refractivity contribution in [2.75, 3.05) is 26.8 Å². The van der Waals surface area contributed by atoms with Crippen LogP contribution in [0.25, 0.3) is 0 Å². The Kier molecular flexibility index (Phi) is 4.91. The number of hydrogen-bond acceptors (Lipinski definition) is 2. The molecule has 0 atom stereocenters. The van der Waals surface area contributed by atoms with Crippen molar-refractivity contribution >= 4 is 23.2 Å². The number of benzene rings is 1. The Morgan fingerprint density at radius 3 is 2.39 bits per heavy atom. The molecule has 2 rings (SSSR count). The maximum Gasteiger partial charge on any atom is 0.0471 e. The number of ether oxygens (including phenoxy) is 1. The topological polar surface area (TPSA) is 21.3 Å². The van der Waals surface area contributed by atoms with Crippen LogP contribution in [0.5, 0.6) is 0 Å². The standard InChI is InChI=1S/C14H19Cl2NO/c1-17-10-14(5-7-18-8-6-14)9-11-12(15)3-2-4-13(11)16/h2-4,17H,5-10H2,1H3. The first-order chi connectivity index (χ1) is 8.67. The second-order valence-corrected chi connectivity index (χ2v) is 5.83. The number of halogens is 2. The Bertz CT molecular complexity index is 377. The molecule has 0 aliphatic carbocycles. The van der Waals surface area contributed by atoms with Gasteiger partial charge >= 0.3 is 0 Å². The minimum atomic E-state index is 0.210. The monoisotopic (exact) mass is 287 g/mol. The van der Waals surface area contributed by atoms with Crippen molar-refractivity contribution < 1.29 is 4.74 Å². The summed E-state index contributed by atoms with van der Waals surface area (Å²) in [7, 11) is 1.99. The summed E-state index contributed by atoms with van der Waals surface area (Å²) in [5.74, 6) is 0. The highest BCUT2D eigenvalue weighted by Crippen LogP contribution is 2.38. The highest BCUT2D eigenvalue weighted by Gasteiger charge is 2.33. The van der Waals surface area contributed by atoms with Gasteiger partial charge in [-0.25, -0.2) is 0 Å². The molecule has 1 aliphatic heterocycles. The van der Waals surface area contributed by atoms with E-state index in [0.717, 1.165) is 54.6 Å². The molecule has 1 saturated heterocycles. The van der Waals surface area contributed by atoms with Gasteiger partial charge in [0.1, 0.15) is 0 Å². The lowest BCUT2D eigenvalue weighted by Gasteiger charge is -2.37. The van der Waals surface area contributed by atoms with Gasteiger partial charge in [-0.15, -0.1) is 0 Å². The van der Waals surface area contributed by atoms with Gasteiger partial charge in [-0.1, -0.05) is 29.3 Å². The summed E-state index contributed by atoms with van der Waals surface area (Å²) in [4.78, 5) is 0. The van der Waals surface area contributed by atoms with Crippen molar-refractivity contribution in [2.45, 2.75) is 19.3 Å². The second-order valence-electron chi connectivity index (χ2n) is 5.02. The number of rotatable bonds is 4. The maximum absolute atomic E-state index is 6.27. The molecule has 100 valence electrons. The van der Waals surface area contributed by atoms with Crippen LogP contribution in [-0.2, 0) is 11.2 Å². The molecular weight excluding hydrogens is 269 g/mol. The van der Waals surface area contributed by atoms with Crippen LogP contribution in [0.2, 0.25) is 10.0 Å². The van der Waals surface area contributed by atoms with Crippen LogP contribution >= 0.6 is 23.2 Å². The van der Waals surface area contributed by atoms with Crippen LogP contribution in [0.15, 0.2) is 18.2 Å². The molecule has 1 aromatic carbocycles. The molecule has 1 heterocycles. The Hall–Kier alpha value is -0.280. The molecule has 18 heavy (non-hydrogen) atoms. The Labute approximate surface area is 119 Å². The lowest BCUT2D eigenvalue weighted by molar-refractivity contribution is 0.0158. The van der Waals surface area contributed by atoms with Crippen LogP contribution < -0.4 is 5.32 Å². The summed E-state index contributed by atoms with van der Waals surface area (Å²) in [6, 6.07) is 5.72. The Morgan fingerprint density at radius 2 is 1.83 bits per heavy atom. The SMILES string of the molecule is CNCC1(Cc2c(Cl)cccc2Cl)CCOCC1. The van der Waals surface area contributed by atoms with E-state index < -0.39 is 0 Å². The lowest BCUT2D eigenvalue weighted by atomic mass is 9.75. The van der Waals surface area contributed by atoms with E-state index in [9.17, 15) is 0 Å². The molecule has 0 radical (unpaired) electrons. The van der Waals surface area contributed by atoms with Gasteiger partial charge in [0.05, 0.1) is 0 Å². The van der Waals surface area contributed by atoms with E-state index in [2.05, 4.69) is 5.32 Å². The average Bonchev–Trinajstić information content (AvgIpc) is 2.36. The van der Waals surface area contributed by atoms with Crippen molar-refractivity contribution in [3.8, 4) is 0 Å². The van der Waals surface area contributed by atoms with E-state index in [-0.39, 0.29) is 5.41 Å². The summed E-state index contributed by atoms with van der Waals surface area (Å²) in [6.07, 6.45) is 3.01. The molecule has 4 heteroatoms. The van der Waals surface area contributed by atoms with E-state index in [0.29, 0.717) is 0 Å². The van der Waals surface area contributed by atoms with Gasteiger partial charge < -0.3 is 10.1 Å². The molecule has 0 saturated carbocycles. The zero-order valence-corrected chi connectivity index (χ0v) is 12.2. The minimum absolute atomic E-state index is 0.210. The fraction of sp³-hybridized carbons (Fsp3) is 0.571. The van der Waals surface area contributed by atoms with E-state index >= 15 is 0 Å². The van der Waals surface area contributed by atoms with E-state index in [4.69, 9.17) is 27.9 Å². The lowest BCUT2D eigenvalue weighted by Crippen LogP contribution is -2.39. The third kappa shape index (κ3) is 3.18. The van der Waals surface area contributed by atoms with Crippen molar-refractivity contribution in [1.29, 1.82) is 0 Å².